The third-order valence-electron chi connectivity index (χ3n) is 2.70. The lowest BCUT2D eigenvalue weighted by Crippen LogP contribution is -2.32. The minimum absolute atomic E-state index is 0.129. The molecule has 3 heteroatoms. The summed E-state index contributed by atoms with van der Waals surface area (Å²) in [4.78, 5) is 14.3. The number of benzene rings is 1. The van der Waals surface area contributed by atoms with Gasteiger partial charge in [0, 0.05) is 17.6 Å². The van der Waals surface area contributed by atoms with E-state index < -0.39 is 0 Å². The highest BCUT2D eigenvalue weighted by molar-refractivity contribution is 9.10. The van der Waals surface area contributed by atoms with Crippen LogP contribution in [0.1, 0.15) is 42.6 Å². The van der Waals surface area contributed by atoms with Crippen molar-refractivity contribution in [2.24, 2.45) is 0 Å². The van der Waals surface area contributed by atoms with Crippen LogP contribution in [0.5, 0.6) is 0 Å². The van der Waals surface area contributed by atoms with Crippen molar-refractivity contribution < 1.29 is 4.79 Å². The van der Waals surface area contributed by atoms with Crippen LogP contribution >= 0.6 is 15.9 Å². The van der Waals surface area contributed by atoms with Crippen LogP contribution < -0.4 is 0 Å². The van der Waals surface area contributed by atoms with E-state index >= 15 is 0 Å². The van der Waals surface area contributed by atoms with E-state index in [0.717, 1.165) is 41.5 Å². The summed E-state index contributed by atoms with van der Waals surface area (Å²) in [5.41, 5.74) is 1.87. The van der Waals surface area contributed by atoms with Crippen LogP contribution in [0.25, 0.3) is 0 Å². The Labute approximate surface area is 112 Å². The van der Waals surface area contributed by atoms with E-state index in [1.54, 1.807) is 0 Å². The zero-order chi connectivity index (χ0) is 12.8. The largest absolute Gasteiger partial charge is 0.339 e. The van der Waals surface area contributed by atoms with Crippen molar-refractivity contribution in [2.75, 3.05) is 13.1 Å². The Morgan fingerprint density at radius 1 is 1.24 bits per heavy atom. The Hall–Kier alpha value is -0.830. The lowest BCUT2D eigenvalue weighted by Gasteiger charge is -2.22. The molecule has 0 fully saturated rings. The highest BCUT2D eigenvalue weighted by Crippen LogP contribution is 2.22. The highest BCUT2D eigenvalue weighted by atomic mass is 79.9. The number of carbonyl (C=O) groups is 1. The van der Waals surface area contributed by atoms with Crippen molar-refractivity contribution in [1.29, 1.82) is 0 Å². The number of nitrogens with zero attached hydrogens (tertiary/aromatic N) is 1. The van der Waals surface area contributed by atoms with Crippen LogP contribution in [-0.2, 0) is 0 Å². The minimum Gasteiger partial charge on any atom is -0.339 e. The predicted molar refractivity (Wildman–Crippen MR) is 75.4 cm³/mol. The smallest absolute Gasteiger partial charge is 0.255 e. The van der Waals surface area contributed by atoms with Crippen molar-refractivity contribution in [3.8, 4) is 0 Å². The second-order valence-electron chi connectivity index (χ2n) is 4.23. The van der Waals surface area contributed by atoms with Crippen molar-refractivity contribution >= 4 is 21.8 Å². The summed E-state index contributed by atoms with van der Waals surface area (Å²) in [6.07, 6.45) is 1.99. The average molecular weight is 298 g/mol. The molecule has 0 saturated carbocycles. The molecule has 0 saturated heterocycles. The third-order valence-corrected chi connectivity index (χ3v) is 3.75. The van der Waals surface area contributed by atoms with Crippen LogP contribution in [0, 0.1) is 6.92 Å². The summed E-state index contributed by atoms with van der Waals surface area (Å²) >= 11 is 3.50. The molecule has 0 atom stereocenters. The minimum atomic E-state index is 0.129. The maximum Gasteiger partial charge on any atom is 0.255 e. The molecule has 0 aliphatic heterocycles. The van der Waals surface area contributed by atoms with Gasteiger partial charge in [-0.2, -0.15) is 0 Å². The van der Waals surface area contributed by atoms with E-state index in [2.05, 4.69) is 29.8 Å². The molecule has 0 bridgehead atoms. The normalized spacial score (nSPS) is 10.4. The topological polar surface area (TPSA) is 20.3 Å². The summed E-state index contributed by atoms with van der Waals surface area (Å²) in [5, 5.41) is 0. The van der Waals surface area contributed by atoms with E-state index in [0.29, 0.717) is 0 Å². The fraction of sp³-hybridized carbons (Fsp3) is 0.500. The molecule has 0 spiro atoms. The molecule has 2 nitrogen and oxygen atoms in total. The van der Waals surface area contributed by atoms with Gasteiger partial charge in [0.15, 0.2) is 0 Å². The van der Waals surface area contributed by atoms with Crippen molar-refractivity contribution in [2.45, 2.75) is 33.6 Å². The van der Waals surface area contributed by atoms with Crippen LogP contribution in [0.3, 0.4) is 0 Å². The van der Waals surface area contributed by atoms with Crippen LogP contribution in [0.4, 0.5) is 0 Å². The summed E-state index contributed by atoms with van der Waals surface area (Å²) in [6.45, 7) is 7.85. The van der Waals surface area contributed by atoms with E-state index in [9.17, 15) is 4.79 Å². The van der Waals surface area contributed by atoms with Crippen LogP contribution in [-0.4, -0.2) is 23.9 Å². The van der Waals surface area contributed by atoms with Gasteiger partial charge in [0.2, 0.25) is 0 Å². The lowest BCUT2D eigenvalue weighted by molar-refractivity contribution is 0.0754. The molecular weight excluding hydrogens is 278 g/mol. The van der Waals surface area contributed by atoms with Gasteiger partial charge >= 0.3 is 0 Å². The molecule has 0 aromatic heterocycles. The van der Waals surface area contributed by atoms with Crippen molar-refractivity contribution in [1.82, 2.24) is 4.90 Å². The first-order valence-electron chi connectivity index (χ1n) is 6.16. The Balaban J connectivity index is 2.96. The van der Waals surface area contributed by atoms with Crippen molar-refractivity contribution in [3.63, 3.8) is 0 Å². The number of halogens is 1. The highest BCUT2D eigenvalue weighted by Gasteiger charge is 2.17. The molecule has 0 radical (unpaired) electrons. The van der Waals surface area contributed by atoms with Gasteiger partial charge in [-0.05, 0) is 47.3 Å². The summed E-state index contributed by atoms with van der Waals surface area (Å²) in [5.74, 6) is 0.129. The van der Waals surface area contributed by atoms with E-state index in [1.807, 2.05) is 30.0 Å². The molecule has 1 rings (SSSR count). The molecule has 0 aliphatic rings. The third kappa shape index (κ3) is 3.56. The van der Waals surface area contributed by atoms with E-state index in [1.165, 1.54) is 0 Å². The molecule has 0 aliphatic carbocycles. The zero-order valence-corrected chi connectivity index (χ0v) is 12.4. The maximum atomic E-state index is 12.4. The number of hydrogen-bond donors (Lipinski definition) is 0. The van der Waals surface area contributed by atoms with E-state index in [4.69, 9.17) is 0 Å². The lowest BCUT2D eigenvalue weighted by atomic mass is 10.1. The molecule has 94 valence electrons. The van der Waals surface area contributed by atoms with Crippen molar-refractivity contribution in [3.05, 3.63) is 33.8 Å². The summed E-state index contributed by atoms with van der Waals surface area (Å²) in [7, 11) is 0. The number of hydrogen-bond acceptors (Lipinski definition) is 1. The molecule has 1 amide bonds. The number of rotatable bonds is 5. The van der Waals surface area contributed by atoms with Gasteiger partial charge in [-0.25, -0.2) is 0 Å². The van der Waals surface area contributed by atoms with E-state index in [-0.39, 0.29) is 5.91 Å². The second-order valence-corrected chi connectivity index (χ2v) is 5.02. The molecule has 0 heterocycles. The standard InChI is InChI=1S/C14H20BrNO/c1-4-9-16(10-5-2)14(17)12-8-6-7-11(3)13(12)15/h6-8H,4-5,9-10H2,1-3H3. The second kappa shape index (κ2) is 6.80. The number of aryl methyl sites for hydroxylation is 1. The monoisotopic (exact) mass is 297 g/mol. The van der Waals surface area contributed by atoms with Gasteiger partial charge in [0.25, 0.3) is 5.91 Å². The summed E-state index contributed by atoms with van der Waals surface area (Å²) < 4.78 is 0.919. The Bertz CT molecular complexity index is 384. The molecule has 1 aromatic carbocycles. The van der Waals surface area contributed by atoms with Gasteiger partial charge in [-0.1, -0.05) is 26.0 Å². The number of carbonyl (C=O) groups excluding carboxylic acids is 1. The molecule has 1 aromatic rings. The van der Waals surface area contributed by atoms with Gasteiger partial charge in [0.05, 0.1) is 5.56 Å². The Morgan fingerprint density at radius 3 is 2.35 bits per heavy atom. The molecule has 0 unspecified atom stereocenters. The van der Waals surface area contributed by atoms with Gasteiger partial charge in [0.1, 0.15) is 0 Å². The SMILES string of the molecule is CCCN(CCC)C(=O)c1cccc(C)c1Br. The van der Waals surface area contributed by atoms with Gasteiger partial charge in [-0.15, -0.1) is 0 Å². The van der Waals surface area contributed by atoms with Crippen LogP contribution in [0.2, 0.25) is 0 Å². The Morgan fingerprint density at radius 2 is 1.82 bits per heavy atom. The number of amides is 1. The van der Waals surface area contributed by atoms with Crippen LogP contribution in [0.15, 0.2) is 22.7 Å². The predicted octanol–water partition coefficient (Wildman–Crippen LogP) is 4.02. The quantitative estimate of drug-likeness (QED) is 0.804. The maximum absolute atomic E-state index is 12.4. The van der Waals surface area contributed by atoms with Gasteiger partial charge in [-0.3, -0.25) is 4.79 Å². The first-order valence-corrected chi connectivity index (χ1v) is 6.95. The Kier molecular flexibility index (Phi) is 5.69. The fourth-order valence-corrected chi connectivity index (χ4v) is 2.27. The first-order chi connectivity index (χ1) is 8.11. The average Bonchev–Trinajstić information content (AvgIpc) is 2.31. The fourth-order valence-electron chi connectivity index (χ4n) is 1.84. The first kappa shape index (κ1) is 14.2. The molecule has 17 heavy (non-hydrogen) atoms. The summed E-state index contributed by atoms with van der Waals surface area (Å²) in [6, 6.07) is 5.83. The zero-order valence-electron chi connectivity index (χ0n) is 10.8. The molecule has 0 N–H and O–H groups in total. The van der Waals surface area contributed by atoms with Gasteiger partial charge < -0.3 is 4.90 Å². The molecular formula is C14H20BrNO.